The van der Waals surface area contributed by atoms with Gasteiger partial charge in [-0.2, -0.15) is 0 Å². The summed E-state index contributed by atoms with van der Waals surface area (Å²) in [5, 5.41) is 19.2. The van der Waals surface area contributed by atoms with Crippen LogP contribution < -0.4 is 11.1 Å². The zero-order valence-electron chi connectivity index (χ0n) is 14.8. The van der Waals surface area contributed by atoms with Gasteiger partial charge in [0.1, 0.15) is 29.9 Å². The van der Waals surface area contributed by atoms with Crippen LogP contribution in [-0.2, 0) is 19.2 Å². The number of aliphatic imine (C=N–C) groups is 1. The normalized spacial score (nSPS) is 21.1. The largest absolute Gasteiger partial charge is 0.477 e. The number of carboxylic acids is 1. The van der Waals surface area contributed by atoms with Gasteiger partial charge in [0.25, 0.3) is 11.8 Å². The monoisotopic (exact) mass is 454 g/mol. The number of isothiocyanates is 1. The van der Waals surface area contributed by atoms with E-state index in [0.717, 1.165) is 16.2 Å². The zero-order valence-corrected chi connectivity index (χ0v) is 17.3. The highest BCUT2D eigenvalue weighted by molar-refractivity contribution is 8.00. The number of fused-ring (bicyclic) bond motifs is 1. The summed E-state index contributed by atoms with van der Waals surface area (Å²) in [5.41, 5.74) is 5.96. The van der Waals surface area contributed by atoms with Crippen LogP contribution in [0.3, 0.4) is 0 Å². The highest BCUT2D eigenvalue weighted by Crippen LogP contribution is 2.40. The third-order valence-corrected chi connectivity index (χ3v) is 6.18. The molecule has 14 heteroatoms. The van der Waals surface area contributed by atoms with Gasteiger partial charge in [0.15, 0.2) is 10.8 Å². The van der Waals surface area contributed by atoms with Gasteiger partial charge >= 0.3 is 5.97 Å². The average molecular weight is 455 g/mol. The first-order chi connectivity index (χ1) is 13.9. The van der Waals surface area contributed by atoms with Gasteiger partial charge in [0, 0.05) is 11.1 Å². The number of nitrogens with one attached hydrogen (secondary N) is 1. The Hall–Kier alpha value is -2.80. The third kappa shape index (κ3) is 4.00. The molecule has 2 aliphatic rings. The van der Waals surface area contributed by atoms with Gasteiger partial charge in [0.2, 0.25) is 0 Å². The maximum Gasteiger partial charge on any atom is 0.352 e. The lowest BCUT2D eigenvalue weighted by molar-refractivity contribution is -0.150. The lowest BCUT2D eigenvalue weighted by atomic mass is 10.0. The van der Waals surface area contributed by atoms with Gasteiger partial charge < -0.3 is 21.0 Å². The van der Waals surface area contributed by atoms with E-state index >= 15 is 0 Å². The van der Waals surface area contributed by atoms with Crippen molar-refractivity contribution in [1.29, 1.82) is 0 Å². The fourth-order valence-corrected chi connectivity index (χ4v) is 4.78. The number of carboxylic acid groups (broad SMARTS) is 1. The van der Waals surface area contributed by atoms with Crippen LogP contribution in [0.2, 0.25) is 0 Å². The second-order valence-corrected chi connectivity index (χ2v) is 7.90. The molecule has 2 atom stereocenters. The van der Waals surface area contributed by atoms with Gasteiger partial charge in [-0.3, -0.25) is 14.5 Å². The molecular formula is C15H14N6O5S3. The van der Waals surface area contributed by atoms with Gasteiger partial charge in [0.05, 0.1) is 11.7 Å². The first-order valence-corrected chi connectivity index (χ1v) is 10.3. The van der Waals surface area contributed by atoms with E-state index in [1.807, 2.05) is 0 Å². The molecule has 0 aromatic carbocycles. The Morgan fingerprint density at radius 1 is 1.59 bits per heavy atom. The number of thioether (sulfide) groups is 1. The number of hydrogen-bond acceptors (Lipinski definition) is 11. The Morgan fingerprint density at radius 3 is 2.93 bits per heavy atom. The number of carbonyl (C=O) groups is 3. The van der Waals surface area contributed by atoms with Crippen LogP contribution in [0.1, 0.15) is 5.69 Å². The summed E-state index contributed by atoms with van der Waals surface area (Å²) in [5.74, 6) is -2.16. The van der Waals surface area contributed by atoms with E-state index in [4.69, 9.17) is 10.6 Å². The maximum absolute atomic E-state index is 12.6. The fourth-order valence-electron chi connectivity index (χ4n) is 2.83. The summed E-state index contributed by atoms with van der Waals surface area (Å²) in [7, 11) is 1.27. The van der Waals surface area contributed by atoms with E-state index in [1.54, 1.807) is 0 Å². The molecule has 0 bridgehead atoms. The molecule has 2 aliphatic heterocycles. The number of amides is 2. The smallest absolute Gasteiger partial charge is 0.352 e. The molecule has 4 N–H and O–H groups in total. The van der Waals surface area contributed by atoms with Gasteiger partial charge in [-0.25, -0.2) is 14.8 Å². The van der Waals surface area contributed by atoms with E-state index in [0.29, 0.717) is 11.3 Å². The number of carbonyl (C=O) groups excluding carboxylic acids is 2. The molecule has 1 unspecified atom stereocenters. The Kier molecular flexibility index (Phi) is 6.27. The number of aromatic nitrogens is 1. The topological polar surface area (TPSA) is 160 Å². The SMILES string of the molecule is CO/N=C(\C(=O)NC1C(=O)N2C(C(=O)O)=C(CN=C=S)CS[C@H]12)c1csc(N)n1. The second-order valence-electron chi connectivity index (χ2n) is 5.72. The maximum atomic E-state index is 12.6. The molecule has 1 aromatic rings. The summed E-state index contributed by atoms with van der Waals surface area (Å²) >= 11 is 6.95. The quantitative estimate of drug-likeness (QED) is 0.221. The van der Waals surface area contributed by atoms with E-state index in [-0.39, 0.29) is 28.8 Å². The van der Waals surface area contributed by atoms with Crippen molar-refractivity contribution in [2.24, 2.45) is 10.1 Å². The number of β-lactam (4-membered cyclic amide) rings is 1. The Labute approximate surface area is 177 Å². The standard InChI is InChI=1S/C15H14N6O5S3/c1-26-20-8(7-4-29-15(16)18-7)11(22)19-9-12(23)21-10(14(24)25)6(2-17-5-27)3-28-13(9)21/h4,9,13H,2-3H2,1H3,(H2,16,18)(H,19,22)(H,24,25)/b20-8-/t9?,13-/m1/s1. The molecule has 2 amide bonds. The van der Waals surface area contributed by atoms with Crippen molar-refractivity contribution < 1.29 is 24.3 Å². The highest BCUT2D eigenvalue weighted by atomic mass is 32.2. The average Bonchev–Trinajstić information content (AvgIpc) is 3.13. The van der Waals surface area contributed by atoms with Crippen LogP contribution in [0.25, 0.3) is 0 Å². The van der Waals surface area contributed by atoms with Gasteiger partial charge in [-0.15, -0.1) is 23.1 Å². The van der Waals surface area contributed by atoms with Crippen LogP contribution >= 0.6 is 35.3 Å². The molecule has 152 valence electrons. The van der Waals surface area contributed by atoms with Crippen molar-refractivity contribution in [2.45, 2.75) is 11.4 Å². The summed E-state index contributed by atoms with van der Waals surface area (Å²) < 4.78 is 0. The summed E-state index contributed by atoms with van der Waals surface area (Å²) in [6.45, 7) is 0.0432. The molecule has 11 nitrogen and oxygen atoms in total. The van der Waals surface area contributed by atoms with Crippen molar-refractivity contribution in [2.75, 3.05) is 25.1 Å². The summed E-state index contributed by atoms with van der Waals surface area (Å²) in [4.78, 5) is 50.5. The van der Waals surface area contributed by atoms with E-state index in [2.05, 4.69) is 37.8 Å². The number of hydrogen-bond donors (Lipinski definition) is 3. The summed E-state index contributed by atoms with van der Waals surface area (Å²) in [6.07, 6.45) is 0. The van der Waals surface area contributed by atoms with Crippen LogP contribution in [0.5, 0.6) is 0 Å². The molecule has 3 rings (SSSR count). The molecular weight excluding hydrogens is 440 g/mol. The third-order valence-electron chi connectivity index (χ3n) is 4.03. The molecule has 1 aromatic heterocycles. The minimum atomic E-state index is -1.25. The van der Waals surface area contributed by atoms with Crippen LogP contribution in [-0.4, -0.2) is 74.5 Å². The van der Waals surface area contributed by atoms with Crippen molar-refractivity contribution in [3.8, 4) is 0 Å². The van der Waals surface area contributed by atoms with Crippen LogP contribution in [0, 0.1) is 0 Å². The zero-order chi connectivity index (χ0) is 21.1. The number of nitrogens with zero attached hydrogens (tertiary/aromatic N) is 4. The minimum absolute atomic E-state index is 0.0432. The van der Waals surface area contributed by atoms with Crippen molar-refractivity contribution in [3.05, 3.63) is 22.3 Å². The number of oxime groups is 1. The van der Waals surface area contributed by atoms with Gasteiger partial charge in [-0.1, -0.05) is 5.16 Å². The van der Waals surface area contributed by atoms with Crippen LogP contribution in [0.15, 0.2) is 26.8 Å². The highest BCUT2D eigenvalue weighted by Gasteiger charge is 2.54. The molecule has 0 saturated carbocycles. The van der Waals surface area contributed by atoms with E-state index in [1.165, 1.54) is 24.3 Å². The molecule has 0 radical (unpaired) electrons. The number of rotatable bonds is 7. The summed E-state index contributed by atoms with van der Waals surface area (Å²) in [6, 6.07) is -0.921. The van der Waals surface area contributed by atoms with Crippen molar-refractivity contribution in [1.82, 2.24) is 15.2 Å². The number of nitrogen functional groups attached to an aromatic ring is 1. The number of anilines is 1. The fraction of sp³-hybridized carbons (Fsp3) is 0.333. The molecule has 3 heterocycles. The number of thiocarbonyl (C=S) groups is 1. The Bertz CT molecular complexity index is 983. The first kappa shape index (κ1) is 20.9. The predicted molar refractivity (Wildman–Crippen MR) is 110 cm³/mol. The first-order valence-electron chi connectivity index (χ1n) is 7.96. The lowest BCUT2D eigenvalue weighted by Crippen LogP contribution is -2.71. The number of nitrogens with two attached hydrogens (primary N) is 1. The number of aliphatic carboxylic acids is 1. The predicted octanol–water partition coefficient (Wildman–Crippen LogP) is -0.0828. The molecule has 0 aliphatic carbocycles. The second kappa shape index (κ2) is 8.69. The molecule has 29 heavy (non-hydrogen) atoms. The molecule has 1 fully saturated rings. The Morgan fingerprint density at radius 2 is 2.34 bits per heavy atom. The van der Waals surface area contributed by atoms with Crippen molar-refractivity contribution in [3.63, 3.8) is 0 Å². The van der Waals surface area contributed by atoms with Gasteiger partial charge in [-0.05, 0) is 17.8 Å². The molecule has 1 saturated heterocycles. The number of thiazole rings is 1. The van der Waals surface area contributed by atoms with E-state index in [9.17, 15) is 19.5 Å². The lowest BCUT2D eigenvalue weighted by Gasteiger charge is -2.49. The minimum Gasteiger partial charge on any atom is -0.477 e. The van der Waals surface area contributed by atoms with E-state index < -0.39 is 29.2 Å². The molecule has 0 spiro atoms. The Balaban J connectivity index is 1.79. The van der Waals surface area contributed by atoms with Crippen molar-refractivity contribution >= 4 is 69.1 Å². The van der Waals surface area contributed by atoms with Crippen LogP contribution in [0.4, 0.5) is 5.13 Å².